The molecule has 3 rings (SSSR count). The minimum absolute atomic E-state index is 0.482. The van der Waals surface area contributed by atoms with Crippen molar-refractivity contribution >= 4 is 32.2 Å². The third-order valence-corrected chi connectivity index (χ3v) is 4.61. The number of hydrogen-bond acceptors (Lipinski definition) is 2. The Kier molecular flexibility index (Phi) is 3.48. The molecule has 0 aliphatic rings. The summed E-state index contributed by atoms with van der Waals surface area (Å²) in [6.07, 6.45) is 5.16. The van der Waals surface area contributed by atoms with E-state index in [2.05, 4.69) is 73.4 Å². The summed E-state index contributed by atoms with van der Waals surface area (Å²) in [5.41, 5.74) is 2.53. The van der Waals surface area contributed by atoms with Crippen LogP contribution < -0.4 is 0 Å². The number of rotatable bonds is 4. The van der Waals surface area contributed by atoms with Crippen molar-refractivity contribution in [2.75, 3.05) is 5.33 Å². The fraction of sp³-hybridized carbons (Fsp3) is 0.214. The highest BCUT2D eigenvalue weighted by Crippen LogP contribution is 2.23. The first-order chi connectivity index (χ1) is 8.86. The van der Waals surface area contributed by atoms with Crippen LogP contribution in [0.15, 0.2) is 48.1 Å². The largest absolute Gasteiger partial charge is 0.297 e. The smallest absolute Gasteiger partial charge is 0.193 e. The highest BCUT2D eigenvalue weighted by atomic mass is 79.9. The van der Waals surface area contributed by atoms with E-state index in [1.165, 1.54) is 5.56 Å². The Labute approximate surface area is 118 Å². The maximum Gasteiger partial charge on any atom is 0.193 e. The van der Waals surface area contributed by atoms with Gasteiger partial charge in [-0.2, -0.15) is 0 Å². The number of alkyl halides is 1. The molecule has 0 N–H and O–H groups in total. The number of imidazole rings is 1. The van der Waals surface area contributed by atoms with Gasteiger partial charge in [0.15, 0.2) is 4.96 Å². The van der Waals surface area contributed by atoms with Gasteiger partial charge in [0.1, 0.15) is 0 Å². The number of hydrogen-bond donors (Lipinski definition) is 0. The molecule has 0 aliphatic heterocycles. The van der Waals surface area contributed by atoms with Gasteiger partial charge in [0.25, 0.3) is 0 Å². The highest BCUT2D eigenvalue weighted by molar-refractivity contribution is 9.09. The van der Waals surface area contributed by atoms with Gasteiger partial charge in [0, 0.05) is 23.1 Å². The van der Waals surface area contributed by atoms with Gasteiger partial charge < -0.3 is 0 Å². The first-order valence-corrected chi connectivity index (χ1v) is 7.89. The molecule has 1 atom stereocenters. The van der Waals surface area contributed by atoms with Crippen molar-refractivity contribution in [1.29, 1.82) is 0 Å². The second-order valence-electron chi connectivity index (χ2n) is 4.29. The van der Waals surface area contributed by atoms with Crippen molar-refractivity contribution in [2.45, 2.75) is 12.3 Å². The molecule has 0 fully saturated rings. The Morgan fingerprint density at radius 2 is 2.11 bits per heavy atom. The fourth-order valence-corrected chi connectivity index (χ4v) is 3.44. The molecule has 3 aromatic rings. The van der Waals surface area contributed by atoms with E-state index in [-0.39, 0.29) is 0 Å². The Morgan fingerprint density at radius 3 is 2.83 bits per heavy atom. The second-order valence-corrected chi connectivity index (χ2v) is 5.81. The lowest BCUT2D eigenvalue weighted by atomic mass is 9.97. The quantitative estimate of drug-likeness (QED) is 0.661. The fourth-order valence-electron chi connectivity index (χ4n) is 2.11. The van der Waals surface area contributed by atoms with Gasteiger partial charge in [-0.1, -0.05) is 46.3 Å². The molecule has 1 unspecified atom stereocenters. The molecule has 0 bridgehead atoms. The maximum atomic E-state index is 4.65. The standard InChI is InChI=1S/C14H13BrN2S/c15-9-12(11-4-2-1-3-5-11)8-13-10-17-6-7-18-14(17)16-13/h1-7,10,12H,8-9H2. The number of benzene rings is 1. The van der Waals surface area contributed by atoms with Crippen molar-refractivity contribution in [3.05, 3.63) is 59.4 Å². The monoisotopic (exact) mass is 320 g/mol. The number of halogens is 1. The van der Waals surface area contributed by atoms with Gasteiger partial charge in [-0.15, -0.1) is 11.3 Å². The van der Waals surface area contributed by atoms with Crippen LogP contribution in [0.1, 0.15) is 17.2 Å². The first kappa shape index (κ1) is 11.9. The van der Waals surface area contributed by atoms with Gasteiger partial charge >= 0.3 is 0 Å². The molecule has 0 aliphatic carbocycles. The van der Waals surface area contributed by atoms with Gasteiger partial charge in [-0.3, -0.25) is 4.40 Å². The minimum atomic E-state index is 0.482. The number of thiazole rings is 1. The van der Waals surface area contributed by atoms with Crippen LogP contribution >= 0.6 is 27.3 Å². The lowest BCUT2D eigenvalue weighted by Gasteiger charge is -2.12. The maximum absolute atomic E-state index is 4.65. The van der Waals surface area contributed by atoms with Crippen LogP contribution in [-0.2, 0) is 6.42 Å². The molecule has 4 heteroatoms. The Morgan fingerprint density at radius 1 is 1.28 bits per heavy atom. The summed E-state index contributed by atoms with van der Waals surface area (Å²) < 4.78 is 2.09. The van der Waals surface area contributed by atoms with Crippen LogP contribution in [0.5, 0.6) is 0 Å². The molecule has 1 aromatic carbocycles. The summed E-state index contributed by atoms with van der Waals surface area (Å²) >= 11 is 5.29. The molecule has 0 radical (unpaired) electrons. The lowest BCUT2D eigenvalue weighted by molar-refractivity contribution is 0.761. The average Bonchev–Trinajstić information content (AvgIpc) is 2.97. The second kappa shape index (κ2) is 5.24. The van der Waals surface area contributed by atoms with Crippen LogP contribution in [0.4, 0.5) is 0 Å². The van der Waals surface area contributed by atoms with E-state index >= 15 is 0 Å². The van der Waals surface area contributed by atoms with Crippen LogP contribution in [-0.4, -0.2) is 14.7 Å². The zero-order valence-electron chi connectivity index (χ0n) is 9.79. The third-order valence-electron chi connectivity index (χ3n) is 3.06. The Hall–Kier alpha value is -1.13. The predicted octanol–water partition coefficient (Wildman–Crippen LogP) is 4.12. The summed E-state index contributed by atoms with van der Waals surface area (Å²) in [6.45, 7) is 0. The van der Waals surface area contributed by atoms with Gasteiger partial charge in [-0.05, 0) is 17.9 Å². The van der Waals surface area contributed by atoms with Crippen molar-refractivity contribution in [1.82, 2.24) is 9.38 Å². The first-order valence-electron chi connectivity index (χ1n) is 5.89. The Balaban J connectivity index is 1.84. The predicted molar refractivity (Wildman–Crippen MR) is 79.8 cm³/mol. The summed E-state index contributed by atoms with van der Waals surface area (Å²) in [4.78, 5) is 5.72. The summed E-state index contributed by atoms with van der Waals surface area (Å²) in [6, 6.07) is 10.6. The van der Waals surface area contributed by atoms with Gasteiger partial charge in [0.2, 0.25) is 0 Å². The van der Waals surface area contributed by atoms with Crippen LogP contribution in [0, 0.1) is 0 Å². The molecular formula is C14H13BrN2S. The summed E-state index contributed by atoms with van der Waals surface area (Å²) in [7, 11) is 0. The van der Waals surface area contributed by atoms with E-state index in [0.29, 0.717) is 5.92 Å². The highest BCUT2D eigenvalue weighted by Gasteiger charge is 2.13. The van der Waals surface area contributed by atoms with E-state index in [4.69, 9.17) is 0 Å². The molecule has 2 heterocycles. The zero-order chi connectivity index (χ0) is 12.4. The lowest BCUT2D eigenvalue weighted by Crippen LogP contribution is -2.04. The van der Waals surface area contributed by atoms with Gasteiger partial charge in [0.05, 0.1) is 5.69 Å². The number of fused-ring (bicyclic) bond motifs is 1. The molecule has 0 saturated heterocycles. The van der Waals surface area contributed by atoms with Crippen molar-refractivity contribution in [2.24, 2.45) is 0 Å². The number of aromatic nitrogens is 2. The molecular weight excluding hydrogens is 308 g/mol. The number of nitrogens with zero attached hydrogens (tertiary/aromatic N) is 2. The van der Waals surface area contributed by atoms with E-state index in [1.54, 1.807) is 11.3 Å². The zero-order valence-corrected chi connectivity index (χ0v) is 12.2. The summed E-state index contributed by atoms with van der Waals surface area (Å²) in [5.74, 6) is 0.482. The molecule has 0 saturated carbocycles. The van der Waals surface area contributed by atoms with Crippen molar-refractivity contribution in [3.8, 4) is 0 Å². The molecule has 2 aromatic heterocycles. The molecule has 0 spiro atoms. The van der Waals surface area contributed by atoms with E-state index < -0.39 is 0 Å². The van der Waals surface area contributed by atoms with Crippen LogP contribution in [0.2, 0.25) is 0 Å². The van der Waals surface area contributed by atoms with Crippen LogP contribution in [0.3, 0.4) is 0 Å². The third kappa shape index (κ3) is 2.35. The normalized spacial score (nSPS) is 12.9. The van der Waals surface area contributed by atoms with Crippen LogP contribution in [0.25, 0.3) is 4.96 Å². The SMILES string of the molecule is BrCC(Cc1cn2ccsc2n1)c1ccccc1. The molecule has 2 nitrogen and oxygen atoms in total. The van der Waals surface area contributed by atoms with Crippen molar-refractivity contribution in [3.63, 3.8) is 0 Å². The van der Waals surface area contributed by atoms with Crippen molar-refractivity contribution < 1.29 is 0 Å². The molecule has 92 valence electrons. The Bertz CT molecular complexity index is 601. The van der Waals surface area contributed by atoms with E-state index in [0.717, 1.165) is 22.4 Å². The van der Waals surface area contributed by atoms with E-state index in [1.807, 2.05) is 0 Å². The topological polar surface area (TPSA) is 17.3 Å². The molecule has 0 amide bonds. The average molecular weight is 321 g/mol. The summed E-state index contributed by atoms with van der Waals surface area (Å²) in [5, 5.41) is 3.02. The minimum Gasteiger partial charge on any atom is -0.297 e. The van der Waals surface area contributed by atoms with E-state index in [9.17, 15) is 0 Å². The molecule has 18 heavy (non-hydrogen) atoms. The van der Waals surface area contributed by atoms with Gasteiger partial charge in [-0.25, -0.2) is 4.98 Å².